The molecule has 0 saturated heterocycles. The zero-order valence-electron chi connectivity index (χ0n) is 10.2. The van der Waals surface area contributed by atoms with Gasteiger partial charge in [0.05, 0.1) is 6.54 Å². The summed E-state index contributed by atoms with van der Waals surface area (Å²) < 4.78 is 5.31. The lowest BCUT2D eigenvalue weighted by Gasteiger charge is -1.99. The topological polar surface area (TPSA) is 41.8 Å². The third-order valence-corrected chi connectivity index (χ3v) is 2.49. The second-order valence-electron chi connectivity index (χ2n) is 3.76. The molecule has 88 valence electrons. The van der Waals surface area contributed by atoms with Crippen LogP contribution in [0.4, 0.5) is 0 Å². The van der Waals surface area contributed by atoms with E-state index in [-0.39, 0.29) is 0 Å². The van der Waals surface area contributed by atoms with Gasteiger partial charge in [-0.2, -0.15) is 0 Å². The monoisotopic (exact) mass is 221 g/mol. The van der Waals surface area contributed by atoms with Gasteiger partial charge >= 0.3 is 0 Å². The largest absolute Gasteiger partial charge is 0.508 e. The Bertz CT molecular complexity index is 362. The molecular weight excluding hydrogens is 202 g/mol. The van der Waals surface area contributed by atoms with E-state index in [1.54, 1.807) is 6.08 Å². The minimum atomic E-state index is 0.334. The van der Waals surface area contributed by atoms with Crippen LogP contribution in [0.5, 0.6) is 0 Å². The Hall–Kier alpha value is -1.51. The summed E-state index contributed by atoms with van der Waals surface area (Å²) in [7, 11) is 0. The maximum Gasteiger partial charge on any atom is 0.211 e. The second kappa shape index (κ2) is 6.16. The van der Waals surface area contributed by atoms with E-state index < -0.39 is 0 Å². The normalized spacial score (nSPS) is 18.4. The fourth-order valence-electron chi connectivity index (χ4n) is 1.25. The van der Waals surface area contributed by atoms with Gasteiger partial charge in [0.1, 0.15) is 12.4 Å². The van der Waals surface area contributed by atoms with Crippen molar-refractivity contribution in [2.75, 3.05) is 13.2 Å². The molecule has 1 aliphatic heterocycles. The van der Waals surface area contributed by atoms with Crippen LogP contribution in [0.25, 0.3) is 0 Å². The zero-order valence-corrected chi connectivity index (χ0v) is 10.2. The smallest absolute Gasteiger partial charge is 0.211 e. The fourth-order valence-corrected chi connectivity index (χ4v) is 1.25. The van der Waals surface area contributed by atoms with Crippen molar-refractivity contribution >= 4 is 5.90 Å². The molecular formula is C13H19NO2. The van der Waals surface area contributed by atoms with Gasteiger partial charge in [0, 0.05) is 5.57 Å². The first kappa shape index (κ1) is 12.6. The van der Waals surface area contributed by atoms with E-state index in [1.165, 1.54) is 0 Å². The Morgan fingerprint density at radius 3 is 2.81 bits per heavy atom. The molecule has 0 radical (unpaired) electrons. The number of hydrogen-bond acceptors (Lipinski definition) is 3. The number of aliphatic hydroxyl groups excluding tert-OH is 1. The van der Waals surface area contributed by atoms with Crippen LogP contribution >= 0.6 is 0 Å². The lowest BCUT2D eigenvalue weighted by Crippen LogP contribution is -1.99. The van der Waals surface area contributed by atoms with Crippen molar-refractivity contribution in [3.8, 4) is 0 Å². The van der Waals surface area contributed by atoms with Gasteiger partial charge in [0.25, 0.3) is 0 Å². The van der Waals surface area contributed by atoms with Crippen LogP contribution in [-0.2, 0) is 4.74 Å². The SMILES string of the molecule is CCC(C)=C(O)/C=C\C=C(/C)C1=NCCO1. The van der Waals surface area contributed by atoms with Crippen molar-refractivity contribution < 1.29 is 9.84 Å². The van der Waals surface area contributed by atoms with Crippen LogP contribution in [0.2, 0.25) is 0 Å². The highest BCUT2D eigenvalue weighted by Gasteiger charge is 2.07. The van der Waals surface area contributed by atoms with E-state index >= 15 is 0 Å². The Balaban J connectivity index is 2.62. The molecule has 3 nitrogen and oxygen atoms in total. The molecule has 1 N–H and O–H groups in total. The van der Waals surface area contributed by atoms with Crippen LogP contribution in [0.15, 0.2) is 40.1 Å². The molecule has 1 rings (SSSR count). The van der Waals surface area contributed by atoms with Crippen LogP contribution < -0.4 is 0 Å². The summed E-state index contributed by atoms with van der Waals surface area (Å²) in [6.07, 6.45) is 6.25. The van der Waals surface area contributed by atoms with E-state index in [9.17, 15) is 5.11 Å². The summed E-state index contributed by atoms with van der Waals surface area (Å²) in [6.45, 7) is 7.29. The average molecular weight is 221 g/mol. The first-order valence-electron chi connectivity index (χ1n) is 5.56. The van der Waals surface area contributed by atoms with Gasteiger partial charge in [-0.3, -0.25) is 0 Å². The first-order valence-corrected chi connectivity index (χ1v) is 5.56. The Morgan fingerprint density at radius 2 is 2.25 bits per heavy atom. The predicted molar refractivity (Wildman–Crippen MR) is 66.8 cm³/mol. The Morgan fingerprint density at radius 1 is 1.50 bits per heavy atom. The standard InChI is InChI=1S/C13H19NO2/c1-4-10(2)12(15)7-5-6-11(3)13-14-8-9-16-13/h5-7,15H,4,8-9H2,1-3H3/b7-5-,11-6+,12-10?. The van der Waals surface area contributed by atoms with Crippen molar-refractivity contribution in [2.45, 2.75) is 27.2 Å². The van der Waals surface area contributed by atoms with Gasteiger partial charge in [0.2, 0.25) is 5.90 Å². The molecule has 3 heteroatoms. The summed E-state index contributed by atoms with van der Waals surface area (Å²) in [5.74, 6) is 1.04. The maximum atomic E-state index is 9.60. The molecule has 0 aromatic rings. The minimum absolute atomic E-state index is 0.334. The highest BCUT2D eigenvalue weighted by atomic mass is 16.5. The summed E-state index contributed by atoms with van der Waals surface area (Å²) in [4.78, 5) is 4.20. The van der Waals surface area contributed by atoms with Crippen molar-refractivity contribution in [2.24, 2.45) is 4.99 Å². The fraction of sp³-hybridized carbons (Fsp3) is 0.462. The zero-order chi connectivity index (χ0) is 12.0. The third kappa shape index (κ3) is 3.57. The van der Waals surface area contributed by atoms with E-state index in [4.69, 9.17) is 4.74 Å². The van der Waals surface area contributed by atoms with E-state index in [1.807, 2.05) is 32.9 Å². The molecule has 0 unspecified atom stereocenters. The average Bonchev–Trinajstić information content (AvgIpc) is 2.81. The minimum Gasteiger partial charge on any atom is -0.508 e. The van der Waals surface area contributed by atoms with Crippen molar-refractivity contribution in [3.63, 3.8) is 0 Å². The van der Waals surface area contributed by atoms with Crippen molar-refractivity contribution in [1.82, 2.24) is 0 Å². The molecule has 0 amide bonds. The highest BCUT2D eigenvalue weighted by Crippen LogP contribution is 2.08. The molecule has 0 atom stereocenters. The molecule has 0 aromatic heterocycles. The van der Waals surface area contributed by atoms with Crippen molar-refractivity contribution in [1.29, 1.82) is 0 Å². The second-order valence-corrected chi connectivity index (χ2v) is 3.76. The highest BCUT2D eigenvalue weighted by molar-refractivity contribution is 5.94. The van der Waals surface area contributed by atoms with Crippen LogP contribution in [0.1, 0.15) is 27.2 Å². The molecule has 0 aliphatic carbocycles. The lowest BCUT2D eigenvalue weighted by atomic mass is 10.2. The van der Waals surface area contributed by atoms with Gasteiger partial charge in [-0.15, -0.1) is 0 Å². The number of allylic oxidation sites excluding steroid dienone is 4. The molecule has 1 aliphatic rings. The number of aliphatic imine (C=N–C) groups is 1. The number of ether oxygens (including phenoxy) is 1. The molecule has 0 fully saturated rings. The van der Waals surface area contributed by atoms with Crippen LogP contribution in [0.3, 0.4) is 0 Å². The molecule has 0 saturated carbocycles. The summed E-state index contributed by atoms with van der Waals surface area (Å²) >= 11 is 0. The van der Waals surface area contributed by atoms with E-state index in [0.29, 0.717) is 18.3 Å². The molecule has 16 heavy (non-hydrogen) atoms. The van der Waals surface area contributed by atoms with Gasteiger partial charge in [-0.25, -0.2) is 4.99 Å². The summed E-state index contributed by atoms with van der Waals surface area (Å²) in [6, 6.07) is 0. The van der Waals surface area contributed by atoms with E-state index in [2.05, 4.69) is 4.99 Å². The summed E-state index contributed by atoms with van der Waals surface area (Å²) in [5.41, 5.74) is 1.97. The molecule has 0 spiro atoms. The Labute approximate surface area is 96.8 Å². The van der Waals surface area contributed by atoms with Crippen LogP contribution in [0, 0.1) is 0 Å². The quantitative estimate of drug-likeness (QED) is 0.585. The third-order valence-electron chi connectivity index (χ3n) is 2.49. The van der Waals surface area contributed by atoms with Gasteiger partial charge < -0.3 is 9.84 Å². The molecule has 1 heterocycles. The van der Waals surface area contributed by atoms with Gasteiger partial charge in [-0.05, 0) is 31.9 Å². The maximum absolute atomic E-state index is 9.60. The first-order chi connectivity index (χ1) is 7.65. The lowest BCUT2D eigenvalue weighted by molar-refractivity contribution is 0.347. The van der Waals surface area contributed by atoms with Crippen molar-refractivity contribution in [3.05, 3.63) is 35.1 Å². The number of nitrogens with zero attached hydrogens (tertiary/aromatic N) is 1. The van der Waals surface area contributed by atoms with E-state index in [0.717, 1.165) is 24.1 Å². The number of hydrogen-bond donors (Lipinski definition) is 1. The van der Waals surface area contributed by atoms with Gasteiger partial charge in [-0.1, -0.05) is 19.1 Å². The predicted octanol–water partition coefficient (Wildman–Crippen LogP) is 3.16. The number of rotatable bonds is 4. The number of aliphatic hydroxyl groups is 1. The molecule has 0 bridgehead atoms. The summed E-state index contributed by atoms with van der Waals surface area (Å²) in [5, 5.41) is 9.60. The van der Waals surface area contributed by atoms with Gasteiger partial charge in [0.15, 0.2) is 0 Å². The Kier molecular flexibility index (Phi) is 4.83. The molecule has 0 aromatic carbocycles. The van der Waals surface area contributed by atoms with Crippen LogP contribution in [-0.4, -0.2) is 24.2 Å².